The lowest BCUT2D eigenvalue weighted by molar-refractivity contribution is -0.0328. The molecule has 1 N–H and O–H groups in total. The molecule has 0 atom stereocenters. The van der Waals surface area contributed by atoms with Crippen LogP contribution in [0.25, 0.3) is 0 Å². The van der Waals surface area contributed by atoms with E-state index in [-0.39, 0.29) is 22.2 Å². The summed E-state index contributed by atoms with van der Waals surface area (Å²) in [6.45, 7) is 5.05. The number of halogens is 3. The Morgan fingerprint density at radius 2 is 1.76 bits per heavy atom. The van der Waals surface area contributed by atoms with E-state index in [1.54, 1.807) is 24.3 Å². The Morgan fingerprint density at radius 1 is 1.19 bits per heavy atom. The van der Waals surface area contributed by atoms with Crippen molar-refractivity contribution in [3.63, 3.8) is 0 Å². The summed E-state index contributed by atoms with van der Waals surface area (Å²) in [7, 11) is 1.99. The Labute approximate surface area is 128 Å². The summed E-state index contributed by atoms with van der Waals surface area (Å²) >= 11 is -0.0636. The lowest BCUT2D eigenvalue weighted by atomic mass is 9.90. The van der Waals surface area contributed by atoms with Gasteiger partial charge in [-0.15, -0.1) is 0 Å². The summed E-state index contributed by atoms with van der Waals surface area (Å²) in [6, 6.07) is 6.68. The summed E-state index contributed by atoms with van der Waals surface area (Å²) < 4.78 is 36.8. The molecule has 0 amide bonds. The Bertz CT molecular complexity index is 451. The van der Waals surface area contributed by atoms with Gasteiger partial charge in [-0.3, -0.25) is 4.90 Å². The number of hydrogen-bond donors (Lipinski definition) is 1. The Morgan fingerprint density at radius 3 is 2.24 bits per heavy atom. The molecule has 1 aromatic rings. The van der Waals surface area contributed by atoms with Gasteiger partial charge in [-0.2, -0.15) is 13.2 Å². The molecule has 0 aliphatic carbocycles. The molecule has 6 heteroatoms. The molecule has 1 aliphatic rings. The van der Waals surface area contributed by atoms with Gasteiger partial charge in [-0.05, 0) is 56.3 Å². The van der Waals surface area contributed by atoms with Crippen molar-refractivity contribution >= 4 is 11.8 Å². The summed E-state index contributed by atoms with van der Waals surface area (Å²) in [5.74, 6) is 0. The lowest BCUT2D eigenvalue weighted by Gasteiger charge is -2.39. The summed E-state index contributed by atoms with van der Waals surface area (Å²) in [4.78, 5) is 2.60. The van der Waals surface area contributed by atoms with Gasteiger partial charge in [0.15, 0.2) is 0 Å². The topological polar surface area (TPSA) is 15.3 Å². The third-order valence-corrected chi connectivity index (χ3v) is 4.87. The van der Waals surface area contributed by atoms with Crippen molar-refractivity contribution < 1.29 is 13.2 Å². The van der Waals surface area contributed by atoms with Crippen LogP contribution in [0.5, 0.6) is 0 Å². The molecule has 1 aliphatic heterocycles. The highest BCUT2D eigenvalue weighted by atomic mass is 32.2. The van der Waals surface area contributed by atoms with E-state index < -0.39 is 5.51 Å². The van der Waals surface area contributed by atoms with Crippen molar-refractivity contribution in [3.8, 4) is 0 Å². The summed E-state index contributed by atoms with van der Waals surface area (Å²) in [6.07, 6.45) is 2.18. The van der Waals surface area contributed by atoms with Crippen LogP contribution in [0.2, 0.25) is 0 Å². The van der Waals surface area contributed by atoms with Gasteiger partial charge in [-0.1, -0.05) is 12.1 Å². The molecule has 0 aromatic heterocycles. The number of rotatable bonds is 4. The fourth-order valence-electron chi connectivity index (χ4n) is 2.51. The van der Waals surface area contributed by atoms with Crippen LogP contribution in [0.4, 0.5) is 13.2 Å². The standard InChI is InChI=1S/C15H21F3N2S/c1-14(19-2)7-9-20(10-8-14)11-12-3-5-13(6-4-12)21-15(16,17)18/h3-6,19H,7-11H2,1-2H3. The van der Waals surface area contributed by atoms with Gasteiger partial charge in [0.1, 0.15) is 0 Å². The maximum Gasteiger partial charge on any atom is 0.446 e. The lowest BCUT2D eigenvalue weighted by Crippen LogP contribution is -2.49. The third kappa shape index (κ3) is 5.20. The molecule has 0 spiro atoms. The van der Waals surface area contributed by atoms with E-state index in [4.69, 9.17) is 0 Å². The normalized spacial score (nSPS) is 19.7. The van der Waals surface area contributed by atoms with Crippen LogP contribution >= 0.6 is 11.8 Å². The van der Waals surface area contributed by atoms with Crippen LogP contribution in [0, 0.1) is 0 Å². The second-order valence-corrected chi connectivity index (χ2v) is 6.92. The number of benzene rings is 1. The van der Waals surface area contributed by atoms with Gasteiger partial charge >= 0.3 is 5.51 Å². The quantitative estimate of drug-likeness (QED) is 0.848. The van der Waals surface area contributed by atoms with Crippen LogP contribution in [0.1, 0.15) is 25.3 Å². The van der Waals surface area contributed by atoms with Crippen molar-refractivity contribution in [2.24, 2.45) is 0 Å². The monoisotopic (exact) mass is 318 g/mol. The second kappa shape index (κ2) is 6.58. The van der Waals surface area contributed by atoms with Crippen molar-refractivity contribution in [2.75, 3.05) is 20.1 Å². The highest BCUT2D eigenvalue weighted by Crippen LogP contribution is 2.36. The highest BCUT2D eigenvalue weighted by molar-refractivity contribution is 8.00. The van der Waals surface area contributed by atoms with Gasteiger partial charge in [-0.25, -0.2) is 0 Å². The van der Waals surface area contributed by atoms with E-state index in [9.17, 15) is 13.2 Å². The number of nitrogens with one attached hydrogen (secondary N) is 1. The fourth-order valence-corrected chi connectivity index (χ4v) is 3.05. The number of thioether (sulfide) groups is 1. The van der Waals surface area contributed by atoms with E-state index in [0.29, 0.717) is 0 Å². The average Bonchev–Trinajstić information content (AvgIpc) is 2.42. The van der Waals surface area contributed by atoms with Crippen molar-refractivity contribution in [1.29, 1.82) is 0 Å². The first-order chi connectivity index (χ1) is 9.80. The Kier molecular flexibility index (Phi) is 5.22. The van der Waals surface area contributed by atoms with E-state index in [1.807, 2.05) is 7.05 Å². The van der Waals surface area contributed by atoms with Crippen LogP contribution < -0.4 is 5.32 Å². The Balaban J connectivity index is 1.87. The predicted molar refractivity (Wildman–Crippen MR) is 80.3 cm³/mol. The summed E-state index contributed by atoms with van der Waals surface area (Å²) in [5.41, 5.74) is -2.94. The first-order valence-corrected chi connectivity index (χ1v) is 7.87. The number of likely N-dealkylation sites (tertiary alicyclic amines) is 1. The second-order valence-electron chi connectivity index (χ2n) is 5.78. The molecule has 0 bridgehead atoms. The van der Waals surface area contributed by atoms with Crippen LogP contribution in [-0.4, -0.2) is 36.1 Å². The van der Waals surface area contributed by atoms with Crippen LogP contribution in [0.3, 0.4) is 0 Å². The largest absolute Gasteiger partial charge is 0.446 e. The Hall–Kier alpha value is -0.720. The number of nitrogens with zero attached hydrogens (tertiary/aromatic N) is 1. The maximum atomic E-state index is 12.3. The number of alkyl halides is 3. The molecule has 1 aromatic carbocycles. The zero-order chi connectivity index (χ0) is 15.5. The first kappa shape index (κ1) is 16.6. The molecule has 2 rings (SSSR count). The van der Waals surface area contributed by atoms with Gasteiger partial charge < -0.3 is 5.32 Å². The fraction of sp³-hybridized carbons (Fsp3) is 0.600. The van der Waals surface area contributed by atoms with Gasteiger partial charge in [0, 0.05) is 30.1 Å². The minimum absolute atomic E-state index is 0.0636. The van der Waals surface area contributed by atoms with E-state index in [0.717, 1.165) is 38.0 Å². The maximum absolute atomic E-state index is 12.3. The van der Waals surface area contributed by atoms with E-state index in [2.05, 4.69) is 17.1 Å². The van der Waals surface area contributed by atoms with Gasteiger partial charge in [0.2, 0.25) is 0 Å². The molecular weight excluding hydrogens is 297 g/mol. The minimum Gasteiger partial charge on any atom is -0.314 e. The molecule has 0 saturated carbocycles. The van der Waals surface area contributed by atoms with Crippen molar-refractivity contribution in [2.45, 2.75) is 42.3 Å². The van der Waals surface area contributed by atoms with Crippen LogP contribution in [-0.2, 0) is 6.54 Å². The van der Waals surface area contributed by atoms with E-state index in [1.165, 1.54) is 0 Å². The molecular formula is C15H21F3N2S. The van der Waals surface area contributed by atoms with Gasteiger partial charge in [0.25, 0.3) is 0 Å². The molecule has 21 heavy (non-hydrogen) atoms. The zero-order valence-corrected chi connectivity index (χ0v) is 13.2. The summed E-state index contributed by atoms with van der Waals surface area (Å²) in [5, 5.41) is 3.36. The van der Waals surface area contributed by atoms with Crippen LogP contribution in [0.15, 0.2) is 29.2 Å². The van der Waals surface area contributed by atoms with Gasteiger partial charge in [0.05, 0.1) is 0 Å². The smallest absolute Gasteiger partial charge is 0.314 e. The molecule has 1 saturated heterocycles. The van der Waals surface area contributed by atoms with E-state index >= 15 is 0 Å². The minimum atomic E-state index is -4.22. The molecule has 1 heterocycles. The van der Waals surface area contributed by atoms with Crippen molar-refractivity contribution in [3.05, 3.63) is 29.8 Å². The predicted octanol–water partition coefficient (Wildman–Crippen LogP) is 3.87. The SMILES string of the molecule is CNC1(C)CCN(Cc2ccc(SC(F)(F)F)cc2)CC1. The van der Waals surface area contributed by atoms with Crippen molar-refractivity contribution in [1.82, 2.24) is 10.2 Å². The molecule has 2 nitrogen and oxygen atoms in total. The highest BCUT2D eigenvalue weighted by Gasteiger charge is 2.29. The number of piperidine rings is 1. The molecule has 0 radical (unpaired) electrons. The first-order valence-electron chi connectivity index (χ1n) is 7.06. The average molecular weight is 318 g/mol. The molecule has 0 unspecified atom stereocenters. The molecule has 118 valence electrons. The number of hydrogen-bond acceptors (Lipinski definition) is 3. The molecule has 1 fully saturated rings. The zero-order valence-electron chi connectivity index (χ0n) is 12.3. The third-order valence-electron chi connectivity index (χ3n) is 4.13.